The highest BCUT2D eigenvalue weighted by molar-refractivity contribution is 5.31. The Hall–Kier alpha value is -1.80. The number of rotatable bonds is 5. The predicted molar refractivity (Wildman–Crippen MR) is 83.9 cm³/mol. The fourth-order valence-electron chi connectivity index (χ4n) is 2.05. The van der Waals surface area contributed by atoms with Gasteiger partial charge in [-0.25, -0.2) is 0 Å². The quantitative estimate of drug-likeness (QED) is 0.872. The summed E-state index contributed by atoms with van der Waals surface area (Å²) in [5, 5.41) is 0. The van der Waals surface area contributed by atoms with Crippen LogP contribution in [0.4, 0.5) is 0 Å². The van der Waals surface area contributed by atoms with Gasteiger partial charge in [-0.3, -0.25) is 0 Å². The zero-order valence-electron chi connectivity index (χ0n) is 12.5. The summed E-state index contributed by atoms with van der Waals surface area (Å²) >= 11 is 0. The first-order valence-corrected chi connectivity index (χ1v) is 7.13. The summed E-state index contributed by atoms with van der Waals surface area (Å²) in [5.74, 6) is 1.43. The van der Waals surface area contributed by atoms with Crippen LogP contribution in [0.5, 0.6) is 5.75 Å². The second-order valence-electron chi connectivity index (χ2n) is 5.55. The molecule has 2 N–H and O–H groups in total. The van der Waals surface area contributed by atoms with Crippen LogP contribution >= 0.6 is 0 Å². The second-order valence-corrected chi connectivity index (χ2v) is 5.55. The third-order valence-corrected chi connectivity index (χ3v) is 3.44. The number of nitrogens with two attached hydrogens (primary N) is 1. The molecule has 0 radical (unpaired) electrons. The molecular formula is C18H23NO. The van der Waals surface area contributed by atoms with E-state index in [2.05, 4.69) is 38.1 Å². The van der Waals surface area contributed by atoms with E-state index in [0.717, 1.165) is 11.3 Å². The van der Waals surface area contributed by atoms with Crippen molar-refractivity contribution in [2.24, 2.45) is 5.73 Å². The van der Waals surface area contributed by atoms with E-state index in [-0.39, 0.29) is 6.04 Å². The summed E-state index contributed by atoms with van der Waals surface area (Å²) in [5.41, 5.74) is 9.51. The Morgan fingerprint density at radius 1 is 0.950 bits per heavy atom. The van der Waals surface area contributed by atoms with Crippen LogP contribution in [0.3, 0.4) is 0 Å². The van der Waals surface area contributed by atoms with Crippen LogP contribution in [0.15, 0.2) is 48.5 Å². The molecule has 0 aliphatic heterocycles. The smallest absolute Gasteiger partial charge is 0.120 e. The van der Waals surface area contributed by atoms with Crippen molar-refractivity contribution in [3.63, 3.8) is 0 Å². The average Bonchev–Trinajstić information content (AvgIpc) is 2.46. The van der Waals surface area contributed by atoms with Gasteiger partial charge in [0.15, 0.2) is 0 Å². The van der Waals surface area contributed by atoms with Gasteiger partial charge in [0.2, 0.25) is 0 Å². The molecule has 0 bridgehead atoms. The lowest BCUT2D eigenvalue weighted by atomic mass is 10.0. The maximum Gasteiger partial charge on any atom is 0.120 e. The van der Waals surface area contributed by atoms with E-state index in [1.165, 1.54) is 11.1 Å². The second kappa shape index (κ2) is 6.58. The van der Waals surface area contributed by atoms with Crippen molar-refractivity contribution < 1.29 is 4.74 Å². The molecule has 2 aromatic rings. The SMILES string of the molecule is CC(C)c1ccc(COc2cccc([C@H](C)N)c2)cc1. The van der Waals surface area contributed by atoms with Gasteiger partial charge in [0.1, 0.15) is 12.4 Å². The molecular weight excluding hydrogens is 246 g/mol. The summed E-state index contributed by atoms with van der Waals surface area (Å²) in [7, 11) is 0. The molecule has 2 rings (SSSR count). The Morgan fingerprint density at radius 3 is 2.25 bits per heavy atom. The monoisotopic (exact) mass is 269 g/mol. The van der Waals surface area contributed by atoms with Crippen LogP contribution in [0.25, 0.3) is 0 Å². The highest BCUT2D eigenvalue weighted by atomic mass is 16.5. The summed E-state index contributed by atoms with van der Waals surface area (Å²) in [6, 6.07) is 16.6. The molecule has 0 unspecified atom stereocenters. The van der Waals surface area contributed by atoms with Crippen molar-refractivity contribution in [2.45, 2.75) is 39.3 Å². The van der Waals surface area contributed by atoms with Crippen LogP contribution in [0, 0.1) is 0 Å². The third-order valence-electron chi connectivity index (χ3n) is 3.44. The fourth-order valence-corrected chi connectivity index (χ4v) is 2.05. The molecule has 1 atom stereocenters. The molecule has 2 aromatic carbocycles. The maximum absolute atomic E-state index is 5.88. The molecule has 0 spiro atoms. The molecule has 0 amide bonds. The maximum atomic E-state index is 5.88. The van der Waals surface area contributed by atoms with Crippen LogP contribution in [-0.4, -0.2) is 0 Å². The van der Waals surface area contributed by atoms with Gasteiger partial charge >= 0.3 is 0 Å². The predicted octanol–water partition coefficient (Wildman–Crippen LogP) is 4.41. The number of hydrogen-bond donors (Lipinski definition) is 1. The van der Waals surface area contributed by atoms with Gasteiger partial charge < -0.3 is 10.5 Å². The van der Waals surface area contributed by atoms with Gasteiger partial charge in [0.25, 0.3) is 0 Å². The van der Waals surface area contributed by atoms with Crippen molar-refractivity contribution in [3.8, 4) is 5.75 Å². The van der Waals surface area contributed by atoms with Gasteiger partial charge in [0.05, 0.1) is 0 Å². The number of benzene rings is 2. The fraction of sp³-hybridized carbons (Fsp3) is 0.333. The topological polar surface area (TPSA) is 35.2 Å². The summed E-state index contributed by atoms with van der Waals surface area (Å²) < 4.78 is 5.83. The van der Waals surface area contributed by atoms with Crippen LogP contribution in [0.2, 0.25) is 0 Å². The minimum Gasteiger partial charge on any atom is -0.489 e. The van der Waals surface area contributed by atoms with Crippen LogP contribution < -0.4 is 10.5 Å². The number of ether oxygens (including phenoxy) is 1. The first kappa shape index (κ1) is 14.6. The zero-order valence-corrected chi connectivity index (χ0v) is 12.5. The molecule has 0 aliphatic rings. The van der Waals surface area contributed by atoms with E-state index in [0.29, 0.717) is 12.5 Å². The molecule has 0 fully saturated rings. The normalized spacial score (nSPS) is 12.4. The van der Waals surface area contributed by atoms with Crippen molar-refractivity contribution in [2.75, 3.05) is 0 Å². The molecule has 0 saturated carbocycles. The van der Waals surface area contributed by atoms with Crippen LogP contribution in [-0.2, 0) is 6.61 Å². The minimum atomic E-state index is 0.0314. The summed E-state index contributed by atoms with van der Waals surface area (Å²) in [6.07, 6.45) is 0. The highest BCUT2D eigenvalue weighted by Crippen LogP contribution is 2.19. The van der Waals surface area contributed by atoms with Gasteiger partial charge in [-0.1, -0.05) is 50.2 Å². The van der Waals surface area contributed by atoms with Crippen molar-refractivity contribution in [1.82, 2.24) is 0 Å². The lowest BCUT2D eigenvalue weighted by Crippen LogP contribution is -2.05. The van der Waals surface area contributed by atoms with E-state index in [9.17, 15) is 0 Å². The van der Waals surface area contributed by atoms with E-state index >= 15 is 0 Å². The third kappa shape index (κ3) is 3.84. The molecule has 106 valence electrons. The molecule has 0 saturated heterocycles. The Labute approximate surface area is 121 Å². The van der Waals surface area contributed by atoms with Gasteiger partial charge in [-0.05, 0) is 41.7 Å². The molecule has 0 aromatic heterocycles. The van der Waals surface area contributed by atoms with Crippen molar-refractivity contribution in [1.29, 1.82) is 0 Å². The summed E-state index contributed by atoms with van der Waals surface area (Å²) in [6.45, 7) is 6.96. The number of hydrogen-bond acceptors (Lipinski definition) is 2. The first-order chi connectivity index (χ1) is 9.56. The molecule has 20 heavy (non-hydrogen) atoms. The van der Waals surface area contributed by atoms with Crippen molar-refractivity contribution >= 4 is 0 Å². The zero-order chi connectivity index (χ0) is 14.5. The van der Waals surface area contributed by atoms with Crippen LogP contribution in [0.1, 0.15) is 49.4 Å². The standard InChI is InChI=1S/C18H23NO/c1-13(2)16-9-7-15(8-10-16)12-20-18-6-4-5-17(11-18)14(3)19/h4-11,13-14H,12,19H2,1-3H3/t14-/m0/s1. The van der Waals surface area contributed by atoms with Gasteiger partial charge in [-0.15, -0.1) is 0 Å². The molecule has 0 heterocycles. The lowest BCUT2D eigenvalue weighted by molar-refractivity contribution is 0.305. The average molecular weight is 269 g/mol. The summed E-state index contributed by atoms with van der Waals surface area (Å²) in [4.78, 5) is 0. The molecule has 2 heteroatoms. The Kier molecular flexibility index (Phi) is 4.80. The lowest BCUT2D eigenvalue weighted by Gasteiger charge is -2.11. The highest BCUT2D eigenvalue weighted by Gasteiger charge is 2.02. The van der Waals surface area contributed by atoms with Crippen molar-refractivity contribution in [3.05, 3.63) is 65.2 Å². The Balaban J connectivity index is 1.99. The van der Waals surface area contributed by atoms with E-state index in [1.54, 1.807) is 0 Å². The largest absolute Gasteiger partial charge is 0.489 e. The Bertz CT molecular complexity index is 544. The van der Waals surface area contributed by atoms with E-state index in [1.807, 2.05) is 31.2 Å². The van der Waals surface area contributed by atoms with E-state index in [4.69, 9.17) is 10.5 Å². The Morgan fingerprint density at radius 2 is 1.65 bits per heavy atom. The van der Waals surface area contributed by atoms with Gasteiger partial charge in [-0.2, -0.15) is 0 Å². The first-order valence-electron chi connectivity index (χ1n) is 7.13. The van der Waals surface area contributed by atoms with E-state index < -0.39 is 0 Å². The molecule has 2 nitrogen and oxygen atoms in total. The minimum absolute atomic E-state index is 0.0314. The molecule has 0 aliphatic carbocycles. The van der Waals surface area contributed by atoms with Gasteiger partial charge in [0, 0.05) is 6.04 Å².